The van der Waals surface area contributed by atoms with Gasteiger partial charge in [-0.2, -0.15) is 0 Å². The summed E-state index contributed by atoms with van der Waals surface area (Å²) in [4.78, 5) is 4.40. The van der Waals surface area contributed by atoms with Crippen molar-refractivity contribution in [3.63, 3.8) is 0 Å². The molecule has 0 aliphatic carbocycles. The lowest BCUT2D eigenvalue weighted by atomic mass is 10.1. The van der Waals surface area contributed by atoms with Gasteiger partial charge in [0.05, 0.1) is 5.75 Å². The van der Waals surface area contributed by atoms with E-state index in [1.54, 1.807) is 24.9 Å². The molecule has 3 aromatic rings. The summed E-state index contributed by atoms with van der Waals surface area (Å²) < 4.78 is 7.45. The van der Waals surface area contributed by atoms with Crippen molar-refractivity contribution in [2.75, 3.05) is 0 Å². The standard InChI is InChI=1S/C15H16N4OS/c1-10-4-5-13(8-11(10)2)19-7-6-16-15(19)21-9-14-18-17-12(3)20-14/h4-8H,9H2,1-3H3. The second-order valence-corrected chi connectivity index (χ2v) is 5.79. The highest BCUT2D eigenvalue weighted by atomic mass is 32.2. The van der Waals surface area contributed by atoms with Crippen LogP contribution >= 0.6 is 11.8 Å². The lowest BCUT2D eigenvalue weighted by molar-refractivity contribution is 0.485. The molecule has 0 aliphatic rings. The highest BCUT2D eigenvalue weighted by Crippen LogP contribution is 2.24. The zero-order valence-corrected chi connectivity index (χ0v) is 13.0. The molecule has 108 valence electrons. The summed E-state index contributed by atoms with van der Waals surface area (Å²) in [7, 11) is 0. The summed E-state index contributed by atoms with van der Waals surface area (Å²) in [5.41, 5.74) is 3.67. The molecule has 0 radical (unpaired) electrons. The maximum Gasteiger partial charge on any atom is 0.226 e. The SMILES string of the molecule is Cc1nnc(CSc2nccn2-c2ccc(C)c(C)c2)o1. The molecule has 2 heterocycles. The van der Waals surface area contributed by atoms with Gasteiger partial charge in [0, 0.05) is 25.0 Å². The van der Waals surface area contributed by atoms with E-state index in [1.807, 2.05) is 6.20 Å². The molecular weight excluding hydrogens is 284 g/mol. The van der Waals surface area contributed by atoms with Gasteiger partial charge in [-0.05, 0) is 37.1 Å². The highest BCUT2D eigenvalue weighted by molar-refractivity contribution is 7.98. The second kappa shape index (κ2) is 5.73. The number of hydrogen-bond donors (Lipinski definition) is 0. The van der Waals surface area contributed by atoms with Crippen LogP contribution in [0.4, 0.5) is 0 Å². The first-order chi connectivity index (χ1) is 10.1. The fourth-order valence-corrected chi connectivity index (χ4v) is 2.80. The van der Waals surface area contributed by atoms with Gasteiger partial charge in [0.1, 0.15) is 0 Å². The van der Waals surface area contributed by atoms with E-state index < -0.39 is 0 Å². The fraction of sp³-hybridized carbons (Fsp3) is 0.267. The molecule has 6 heteroatoms. The average Bonchev–Trinajstić information content (AvgIpc) is 3.08. The predicted molar refractivity (Wildman–Crippen MR) is 81.6 cm³/mol. The minimum Gasteiger partial charge on any atom is -0.425 e. The lowest BCUT2D eigenvalue weighted by Crippen LogP contribution is -1.96. The number of benzene rings is 1. The largest absolute Gasteiger partial charge is 0.425 e. The molecular formula is C15H16N4OS. The highest BCUT2D eigenvalue weighted by Gasteiger charge is 2.09. The van der Waals surface area contributed by atoms with Gasteiger partial charge in [0.25, 0.3) is 0 Å². The monoisotopic (exact) mass is 300 g/mol. The minimum absolute atomic E-state index is 0.586. The Hall–Kier alpha value is -2.08. The lowest BCUT2D eigenvalue weighted by Gasteiger charge is -2.09. The molecule has 0 unspecified atom stereocenters. The van der Waals surface area contributed by atoms with Gasteiger partial charge in [-0.1, -0.05) is 17.8 Å². The van der Waals surface area contributed by atoms with Crippen LogP contribution in [0.3, 0.4) is 0 Å². The van der Waals surface area contributed by atoms with Crippen molar-refractivity contribution < 1.29 is 4.42 Å². The van der Waals surface area contributed by atoms with Gasteiger partial charge in [-0.25, -0.2) is 4.98 Å². The summed E-state index contributed by atoms with van der Waals surface area (Å²) in [6, 6.07) is 6.39. The number of aromatic nitrogens is 4. The van der Waals surface area contributed by atoms with Gasteiger partial charge in [-0.3, -0.25) is 4.57 Å². The van der Waals surface area contributed by atoms with E-state index in [-0.39, 0.29) is 0 Å². The molecule has 0 fully saturated rings. The van der Waals surface area contributed by atoms with Crippen molar-refractivity contribution in [3.05, 3.63) is 53.5 Å². The van der Waals surface area contributed by atoms with E-state index in [2.05, 4.69) is 51.8 Å². The van der Waals surface area contributed by atoms with Crippen LogP contribution in [0, 0.1) is 20.8 Å². The van der Waals surface area contributed by atoms with E-state index in [1.165, 1.54) is 11.1 Å². The van der Waals surface area contributed by atoms with Crippen molar-refractivity contribution in [1.29, 1.82) is 0 Å². The molecule has 0 saturated heterocycles. The first-order valence-electron chi connectivity index (χ1n) is 6.66. The second-order valence-electron chi connectivity index (χ2n) is 4.85. The Labute approximate surface area is 127 Å². The Morgan fingerprint density at radius 1 is 1.14 bits per heavy atom. The minimum atomic E-state index is 0.586. The number of nitrogens with zero attached hydrogens (tertiary/aromatic N) is 4. The fourth-order valence-electron chi connectivity index (χ4n) is 1.99. The third-order valence-corrected chi connectivity index (χ3v) is 4.22. The third kappa shape index (κ3) is 3.00. The first-order valence-corrected chi connectivity index (χ1v) is 7.65. The van der Waals surface area contributed by atoms with Gasteiger partial charge in [0.2, 0.25) is 11.8 Å². The Balaban J connectivity index is 1.81. The van der Waals surface area contributed by atoms with Crippen LogP contribution in [-0.2, 0) is 5.75 Å². The quantitative estimate of drug-likeness (QED) is 0.690. The Morgan fingerprint density at radius 2 is 2.00 bits per heavy atom. The van der Waals surface area contributed by atoms with Crippen molar-refractivity contribution in [3.8, 4) is 5.69 Å². The molecule has 5 nitrogen and oxygen atoms in total. The Bertz CT molecular complexity index is 763. The van der Waals surface area contributed by atoms with Crippen molar-refractivity contribution >= 4 is 11.8 Å². The predicted octanol–water partition coefficient (Wildman–Crippen LogP) is 3.47. The molecule has 0 aliphatic heterocycles. The van der Waals surface area contributed by atoms with E-state index in [9.17, 15) is 0 Å². The molecule has 1 aromatic carbocycles. The van der Waals surface area contributed by atoms with E-state index in [0.29, 0.717) is 17.5 Å². The van der Waals surface area contributed by atoms with Crippen LogP contribution in [0.2, 0.25) is 0 Å². The average molecular weight is 300 g/mol. The summed E-state index contributed by atoms with van der Waals surface area (Å²) in [5.74, 6) is 1.82. The zero-order chi connectivity index (χ0) is 14.8. The summed E-state index contributed by atoms with van der Waals surface area (Å²) in [6.45, 7) is 6.02. The van der Waals surface area contributed by atoms with Crippen molar-refractivity contribution in [2.24, 2.45) is 0 Å². The Morgan fingerprint density at radius 3 is 2.71 bits per heavy atom. The van der Waals surface area contributed by atoms with Crippen molar-refractivity contribution in [2.45, 2.75) is 31.7 Å². The molecule has 3 rings (SSSR count). The number of thioether (sulfide) groups is 1. The summed E-state index contributed by atoms with van der Waals surface area (Å²) >= 11 is 1.58. The molecule has 0 spiro atoms. The van der Waals surface area contributed by atoms with Crippen LogP contribution < -0.4 is 0 Å². The van der Waals surface area contributed by atoms with Crippen LogP contribution in [0.1, 0.15) is 22.9 Å². The van der Waals surface area contributed by atoms with E-state index in [4.69, 9.17) is 4.42 Å². The topological polar surface area (TPSA) is 56.7 Å². The maximum absolute atomic E-state index is 5.38. The molecule has 0 atom stereocenters. The smallest absolute Gasteiger partial charge is 0.226 e. The maximum atomic E-state index is 5.38. The number of aryl methyl sites for hydroxylation is 3. The molecule has 0 amide bonds. The van der Waals surface area contributed by atoms with Gasteiger partial charge >= 0.3 is 0 Å². The normalized spacial score (nSPS) is 11.0. The Kier molecular flexibility index (Phi) is 3.79. The number of hydrogen-bond acceptors (Lipinski definition) is 5. The van der Waals surface area contributed by atoms with Gasteiger partial charge < -0.3 is 4.42 Å². The molecule has 0 bridgehead atoms. The molecule has 0 saturated carbocycles. The first kappa shape index (κ1) is 13.9. The van der Waals surface area contributed by atoms with Crippen LogP contribution in [0.25, 0.3) is 5.69 Å². The van der Waals surface area contributed by atoms with E-state index in [0.717, 1.165) is 10.8 Å². The van der Waals surface area contributed by atoms with Crippen LogP contribution in [0.5, 0.6) is 0 Å². The van der Waals surface area contributed by atoms with E-state index >= 15 is 0 Å². The van der Waals surface area contributed by atoms with Crippen molar-refractivity contribution in [1.82, 2.24) is 19.7 Å². The summed E-state index contributed by atoms with van der Waals surface area (Å²) in [5, 5.41) is 8.74. The molecule has 21 heavy (non-hydrogen) atoms. The van der Waals surface area contributed by atoms with Gasteiger partial charge in [-0.15, -0.1) is 10.2 Å². The van der Waals surface area contributed by atoms with Gasteiger partial charge in [0.15, 0.2) is 5.16 Å². The molecule has 0 N–H and O–H groups in total. The summed E-state index contributed by atoms with van der Waals surface area (Å²) in [6.07, 6.45) is 3.77. The van der Waals surface area contributed by atoms with Crippen LogP contribution in [-0.4, -0.2) is 19.7 Å². The number of rotatable bonds is 4. The third-order valence-electron chi connectivity index (χ3n) is 3.27. The number of imidazole rings is 1. The molecule has 2 aromatic heterocycles. The zero-order valence-electron chi connectivity index (χ0n) is 12.2. The van der Waals surface area contributed by atoms with Crippen LogP contribution in [0.15, 0.2) is 40.2 Å².